The van der Waals surface area contributed by atoms with Gasteiger partial charge in [0.25, 0.3) is 0 Å². The number of nitrogens with one attached hydrogen (secondary N) is 1. The van der Waals surface area contributed by atoms with E-state index in [0.29, 0.717) is 6.04 Å². The number of rotatable bonds is 5. The lowest BCUT2D eigenvalue weighted by molar-refractivity contribution is 0.230. The summed E-state index contributed by atoms with van der Waals surface area (Å²) in [6, 6.07) is 2.78. The molecular formula is C13H23N3. The van der Waals surface area contributed by atoms with Crippen LogP contribution in [0, 0.1) is 5.92 Å². The molecule has 16 heavy (non-hydrogen) atoms. The molecule has 1 unspecified atom stereocenters. The van der Waals surface area contributed by atoms with E-state index in [1.807, 2.05) is 0 Å². The fourth-order valence-corrected chi connectivity index (χ4v) is 2.56. The highest BCUT2D eigenvalue weighted by molar-refractivity contribution is 5.16. The lowest BCUT2D eigenvalue weighted by atomic mass is 9.78. The average Bonchev–Trinajstić information content (AvgIpc) is 2.65. The zero-order chi connectivity index (χ0) is 11.5. The Labute approximate surface area is 98.2 Å². The van der Waals surface area contributed by atoms with Crippen molar-refractivity contribution in [1.82, 2.24) is 15.1 Å². The average molecular weight is 221 g/mol. The second-order valence-electron chi connectivity index (χ2n) is 4.69. The molecule has 1 aromatic heterocycles. The van der Waals surface area contributed by atoms with Crippen LogP contribution in [0.15, 0.2) is 6.07 Å². The summed E-state index contributed by atoms with van der Waals surface area (Å²) in [4.78, 5) is 0. The van der Waals surface area contributed by atoms with Crippen molar-refractivity contribution >= 4 is 0 Å². The Kier molecular flexibility index (Phi) is 3.64. The Bertz CT molecular complexity index is 339. The monoisotopic (exact) mass is 221 g/mol. The van der Waals surface area contributed by atoms with Gasteiger partial charge in [0.15, 0.2) is 0 Å². The molecule has 1 aromatic rings. The molecule has 0 aromatic carbocycles. The first kappa shape index (κ1) is 11.6. The van der Waals surface area contributed by atoms with E-state index in [9.17, 15) is 0 Å². The maximum atomic E-state index is 4.63. The van der Waals surface area contributed by atoms with Crippen LogP contribution in [-0.4, -0.2) is 16.8 Å². The normalized spacial score (nSPS) is 18.4. The summed E-state index contributed by atoms with van der Waals surface area (Å²) in [6.45, 7) is 5.31. The molecule has 0 amide bonds. The quantitative estimate of drug-likeness (QED) is 0.828. The first-order chi connectivity index (χ1) is 7.80. The van der Waals surface area contributed by atoms with Gasteiger partial charge >= 0.3 is 0 Å². The van der Waals surface area contributed by atoms with Crippen molar-refractivity contribution in [3.8, 4) is 0 Å². The van der Waals surface area contributed by atoms with Crippen LogP contribution < -0.4 is 5.32 Å². The van der Waals surface area contributed by atoms with Crippen molar-refractivity contribution in [2.75, 3.05) is 7.05 Å². The Morgan fingerprint density at radius 1 is 1.50 bits per heavy atom. The molecule has 1 aliphatic carbocycles. The van der Waals surface area contributed by atoms with Crippen LogP contribution in [0.25, 0.3) is 0 Å². The van der Waals surface area contributed by atoms with E-state index in [2.05, 4.69) is 42.1 Å². The van der Waals surface area contributed by atoms with Gasteiger partial charge in [-0.1, -0.05) is 13.3 Å². The zero-order valence-electron chi connectivity index (χ0n) is 10.7. The molecule has 2 rings (SSSR count). The Balaban J connectivity index is 2.24. The summed E-state index contributed by atoms with van der Waals surface area (Å²) >= 11 is 0. The molecule has 1 aliphatic rings. The van der Waals surface area contributed by atoms with Crippen molar-refractivity contribution in [2.45, 2.75) is 52.1 Å². The van der Waals surface area contributed by atoms with E-state index in [0.717, 1.165) is 18.9 Å². The predicted molar refractivity (Wildman–Crippen MR) is 66.4 cm³/mol. The highest BCUT2D eigenvalue weighted by Crippen LogP contribution is 2.37. The largest absolute Gasteiger partial charge is 0.311 e. The van der Waals surface area contributed by atoms with E-state index in [-0.39, 0.29) is 0 Å². The van der Waals surface area contributed by atoms with E-state index in [4.69, 9.17) is 0 Å². The molecule has 0 spiro atoms. The Hall–Kier alpha value is -0.830. The van der Waals surface area contributed by atoms with Crippen LogP contribution >= 0.6 is 0 Å². The predicted octanol–water partition coefficient (Wildman–Crippen LogP) is 2.53. The molecule has 3 heteroatoms. The van der Waals surface area contributed by atoms with E-state index < -0.39 is 0 Å². The molecule has 0 saturated heterocycles. The lowest BCUT2D eigenvalue weighted by Gasteiger charge is -2.33. The number of nitrogens with zero attached hydrogens (tertiary/aromatic N) is 2. The van der Waals surface area contributed by atoms with E-state index in [1.54, 1.807) is 0 Å². The van der Waals surface area contributed by atoms with Gasteiger partial charge in [0.2, 0.25) is 0 Å². The molecule has 0 bridgehead atoms. The van der Waals surface area contributed by atoms with E-state index >= 15 is 0 Å². The lowest BCUT2D eigenvalue weighted by Crippen LogP contribution is -2.31. The molecule has 1 saturated carbocycles. The standard InChI is InChI=1S/C13H23N3/c1-4-11-9-12(16(5-2)15-11)13(14-3)10-7-6-8-10/h9-10,13-14H,4-8H2,1-3H3. The highest BCUT2D eigenvalue weighted by Gasteiger charge is 2.29. The number of aryl methyl sites for hydroxylation is 2. The molecule has 1 fully saturated rings. The maximum Gasteiger partial charge on any atom is 0.0625 e. The Morgan fingerprint density at radius 3 is 2.69 bits per heavy atom. The van der Waals surface area contributed by atoms with Crippen LogP contribution in [0.2, 0.25) is 0 Å². The fraction of sp³-hybridized carbons (Fsp3) is 0.769. The molecule has 3 nitrogen and oxygen atoms in total. The zero-order valence-corrected chi connectivity index (χ0v) is 10.7. The second kappa shape index (κ2) is 5.00. The van der Waals surface area contributed by atoms with Gasteiger partial charge in [-0.15, -0.1) is 0 Å². The Morgan fingerprint density at radius 2 is 2.25 bits per heavy atom. The smallest absolute Gasteiger partial charge is 0.0625 e. The summed E-state index contributed by atoms with van der Waals surface area (Å²) in [6.07, 6.45) is 5.15. The summed E-state index contributed by atoms with van der Waals surface area (Å²) in [5, 5.41) is 8.11. The van der Waals surface area contributed by atoms with Crippen molar-refractivity contribution < 1.29 is 0 Å². The summed E-state index contributed by atoms with van der Waals surface area (Å²) in [5.41, 5.74) is 2.60. The van der Waals surface area contributed by atoms with Gasteiger partial charge in [0, 0.05) is 6.54 Å². The van der Waals surface area contributed by atoms with Gasteiger partial charge in [0.1, 0.15) is 0 Å². The van der Waals surface area contributed by atoms with E-state index in [1.165, 1.54) is 30.7 Å². The van der Waals surface area contributed by atoms with Crippen molar-refractivity contribution in [3.63, 3.8) is 0 Å². The number of hydrogen-bond acceptors (Lipinski definition) is 2. The van der Waals surface area contributed by atoms with Gasteiger partial charge in [-0.25, -0.2) is 0 Å². The summed E-state index contributed by atoms with van der Waals surface area (Å²) in [7, 11) is 2.07. The molecule has 1 N–H and O–H groups in total. The van der Waals surface area contributed by atoms with Crippen LogP contribution in [0.4, 0.5) is 0 Å². The molecule has 90 valence electrons. The first-order valence-electron chi connectivity index (χ1n) is 6.54. The minimum Gasteiger partial charge on any atom is -0.311 e. The molecule has 0 radical (unpaired) electrons. The third-order valence-electron chi connectivity index (χ3n) is 3.77. The second-order valence-corrected chi connectivity index (χ2v) is 4.69. The summed E-state index contributed by atoms with van der Waals surface area (Å²) in [5.74, 6) is 0.816. The number of hydrogen-bond donors (Lipinski definition) is 1. The van der Waals surface area contributed by atoms with Crippen molar-refractivity contribution in [1.29, 1.82) is 0 Å². The van der Waals surface area contributed by atoms with Crippen LogP contribution in [0.5, 0.6) is 0 Å². The van der Waals surface area contributed by atoms with Gasteiger partial charge in [-0.2, -0.15) is 5.10 Å². The van der Waals surface area contributed by atoms with Gasteiger partial charge in [-0.05, 0) is 45.2 Å². The third kappa shape index (κ3) is 2.01. The van der Waals surface area contributed by atoms with Crippen molar-refractivity contribution in [3.05, 3.63) is 17.5 Å². The van der Waals surface area contributed by atoms with Crippen LogP contribution in [-0.2, 0) is 13.0 Å². The molecular weight excluding hydrogens is 198 g/mol. The minimum atomic E-state index is 0.501. The molecule has 1 atom stereocenters. The van der Waals surface area contributed by atoms with Gasteiger partial charge in [-0.3, -0.25) is 4.68 Å². The summed E-state index contributed by atoms with van der Waals surface area (Å²) < 4.78 is 2.16. The minimum absolute atomic E-state index is 0.501. The SMILES string of the molecule is CCc1cc(C(NC)C2CCC2)n(CC)n1. The number of aromatic nitrogens is 2. The fourth-order valence-electron chi connectivity index (χ4n) is 2.56. The molecule has 0 aliphatic heterocycles. The van der Waals surface area contributed by atoms with Crippen LogP contribution in [0.3, 0.4) is 0 Å². The highest BCUT2D eigenvalue weighted by atomic mass is 15.3. The third-order valence-corrected chi connectivity index (χ3v) is 3.77. The van der Waals surface area contributed by atoms with Gasteiger partial charge in [0.05, 0.1) is 17.4 Å². The first-order valence-corrected chi connectivity index (χ1v) is 6.54. The van der Waals surface area contributed by atoms with Crippen molar-refractivity contribution in [2.24, 2.45) is 5.92 Å². The maximum absolute atomic E-state index is 4.63. The van der Waals surface area contributed by atoms with Gasteiger partial charge < -0.3 is 5.32 Å². The van der Waals surface area contributed by atoms with Crippen LogP contribution in [0.1, 0.15) is 50.5 Å². The molecule has 1 heterocycles. The topological polar surface area (TPSA) is 29.9 Å².